The van der Waals surface area contributed by atoms with Crippen molar-refractivity contribution in [3.8, 4) is 33.4 Å². The molecule has 10 aromatic carbocycles. The van der Waals surface area contributed by atoms with E-state index in [-0.39, 0.29) is 0 Å². The molecule has 0 aliphatic rings. The van der Waals surface area contributed by atoms with E-state index in [4.69, 9.17) is 0 Å². The van der Waals surface area contributed by atoms with Crippen molar-refractivity contribution in [2.45, 2.75) is 0 Å². The SMILES string of the molecule is c1ccc(-c2cccc(-c3c4ccccc4c(-c4ccc5ccccc5c4)c4cc([Si](c5ccccc5)(c5ccccc5)c5ccccc5)ccc34)c2)cc1. The van der Waals surface area contributed by atoms with Crippen molar-refractivity contribution >= 4 is 61.1 Å². The van der Waals surface area contributed by atoms with Gasteiger partial charge in [-0.3, -0.25) is 0 Å². The van der Waals surface area contributed by atoms with Gasteiger partial charge in [-0.05, 0) is 98.6 Å². The van der Waals surface area contributed by atoms with Gasteiger partial charge in [0.25, 0.3) is 0 Å². The first-order valence-corrected chi connectivity index (χ1v) is 21.1. The van der Waals surface area contributed by atoms with Crippen molar-refractivity contribution in [1.82, 2.24) is 0 Å². The van der Waals surface area contributed by atoms with Crippen LogP contribution in [0.3, 0.4) is 0 Å². The van der Waals surface area contributed by atoms with Crippen LogP contribution in [0.15, 0.2) is 231 Å². The van der Waals surface area contributed by atoms with E-state index in [2.05, 4.69) is 231 Å². The van der Waals surface area contributed by atoms with E-state index in [9.17, 15) is 0 Å². The van der Waals surface area contributed by atoms with E-state index < -0.39 is 8.07 Å². The normalized spacial score (nSPS) is 11.6. The largest absolute Gasteiger partial charge is 0.179 e. The van der Waals surface area contributed by atoms with Crippen molar-refractivity contribution in [1.29, 1.82) is 0 Å². The Hall–Kier alpha value is -6.80. The minimum absolute atomic E-state index is 1.22. The average molecular weight is 715 g/mol. The molecule has 0 unspecified atom stereocenters. The zero-order valence-electron chi connectivity index (χ0n) is 30.4. The first-order valence-electron chi connectivity index (χ1n) is 19.1. The zero-order chi connectivity index (χ0) is 36.6. The number of fused-ring (bicyclic) bond motifs is 3. The van der Waals surface area contributed by atoms with Crippen LogP contribution < -0.4 is 20.7 Å². The van der Waals surface area contributed by atoms with Gasteiger partial charge in [0.15, 0.2) is 8.07 Å². The molecule has 0 saturated heterocycles. The molecule has 258 valence electrons. The fourth-order valence-electron chi connectivity index (χ4n) is 8.93. The van der Waals surface area contributed by atoms with Gasteiger partial charge in [0.05, 0.1) is 0 Å². The van der Waals surface area contributed by atoms with E-state index >= 15 is 0 Å². The lowest BCUT2D eigenvalue weighted by Gasteiger charge is -2.35. The topological polar surface area (TPSA) is 0 Å². The monoisotopic (exact) mass is 714 g/mol. The van der Waals surface area contributed by atoms with Crippen LogP contribution in [0, 0.1) is 0 Å². The lowest BCUT2D eigenvalue weighted by Crippen LogP contribution is -2.74. The first-order chi connectivity index (χ1) is 27.3. The molecule has 10 rings (SSSR count). The molecule has 0 bridgehead atoms. The van der Waals surface area contributed by atoms with Crippen molar-refractivity contribution in [3.05, 3.63) is 231 Å². The summed E-state index contributed by atoms with van der Waals surface area (Å²) < 4.78 is 0. The fraction of sp³-hybridized carbons (Fsp3) is 0. The Bertz CT molecular complexity index is 2860. The number of hydrogen-bond acceptors (Lipinski definition) is 0. The zero-order valence-corrected chi connectivity index (χ0v) is 31.4. The number of benzene rings is 10. The third kappa shape index (κ3) is 5.60. The molecule has 0 aliphatic carbocycles. The van der Waals surface area contributed by atoms with Gasteiger partial charge < -0.3 is 0 Å². The molecule has 0 spiro atoms. The molecular weight excluding hydrogens is 677 g/mol. The van der Waals surface area contributed by atoms with Gasteiger partial charge in [0, 0.05) is 0 Å². The summed E-state index contributed by atoms with van der Waals surface area (Å²) in [5.74, 6) is 0. The molecule has 0 saturated carbocycles. The highest BCUT2D eigenvalue weighted by atomic mass is 28.3. The first kappa shape index (κ1) is 32.8. The number of rotatable bonds is 7. The molecule has 0 aromatic heterocycles. The molecule has 0 heterocycles. The maximum atomic E-state index is 2.57. The Morgan fingerprint density at radius 3 is 1.29 bits per heavy atom. The Labute approximate surface area is 323 Å². The molecule has 0 fully saturated rings. The second-order valence-electron chi connectivity index (χ2n) is 14.4. The van der Waals surface area contributed by atoms with Crippen LogP contribution >= 0.6 is 0 Å². The van der Waals surface area contributed by atoms with Gasteiger partial charge in [-0.2, -0.15) is 0 Å². The van der Waals surface area contributed by atoms with Crippen LogP contribution in [-0.4, -0.2) is 8.07 Å². The maximum absolute atomic E-state index is 2.80. The third-order valence-corrected chi connectivity index (χ3v) is 16.1. The minimum atomic E-state index is -2.80. The summed E-state index contributed by atoms with van der Waals surface area (Å²) in [7, 11) is -2.80. The van der Waals surface area contributed by atoms with E-state index in [1.54, 1.807) is 0 Å². The lowest BCUT2D eigenvalue weighted by atomic mass is 9.85. The Kier molecular flexibility index (Phi) is 8.28. The van der Waals surface area contributed by atoms with E-state index in [1.165, 1.54) is 86.4 Å². The van der Waals surface area contributed by atoms with Gasteiger partial charge in [-0.1, -0.05) is 218 Å². The quantitative estimate of drug-likeness (QED) is 0.0876. The summed E-state index contributed by atoms with van der Waals surface area (Å²) in [6.45, 7) is 0. The highest BCUT2D eigenvalue weighted by molar-refractivity contribution is 7.20. The second-order valence-corrected chi connectivity index (χ2v) is 18.2. The summed E-state index contributed by atoms with van der Waals surface area (Å²) in [6, 6.07) is 85.7. The van der Waals surface area contributed by atoms with Crippen LogP contribution in [0.1, 0.15) is 0 Å². The van der Waals surface area contributed by atoms with Crippen molar-refractivity contribution in [2.24, 2.45) is 0 Å². The summed E-state index contributed by atoms with van der Waals surface area (Å²) >= 11 is 0. The van der Waals surface area contributed by atoms with Gasteiger partial charge in [0.2, 0.25) is 0 Å². The Morgan fingerprint density at radius 2 is 0.673 bits per heavy atom. The molecule has 0 N–H and O–H groups in total. The molecule has 1 heteroatoms. The van der Waals surface area contributed by atoms with Gasteiger partial charge >= 0.3 is 0 Å². The van der Waals surface area contributed by atoms with Crippen molar-refractivity contribution in [3.63, 3.8) is 0 Å². The van der Waals surface area contributed by atoms with Gasteiger partial charge in [0.1, 0.15) is 0 Å². The maximum Gasteiger partial charge on any atom is 0.179 e. The molecule has 55 heavy (non-hydrogen) atoms. The molecule has 0 nitrogen and oxygen atoms in total. The van der Waals surface area contributed by atoms with Crippen LogP contribution in [0.5, 0.6) is 0 Å². The standard InChI is InChI=1S/C54H38Si/c1-5-18-39(19-6-1)42-22-17-23-43(36-42)53-49-30-15-16-31-50(49)54(44-33-32-40-20-13-14-21-41(40)37-44)52-38-48(34-35-51(52)53)55(45-24-7-2-8-25-45,46-26-9-3-10-27-46)47-28-11-4-12-29-47/h1-38H. The second kappa shape index (κ2) is 13.9. The van der Waals surface area contributed by atoms with E-state index in [0.29, 0.717) is 0 Å². The van der Waals surface area contributed by atoms with Crippen LogP contribution in [-0.2, 0) is 0 Å². The van der Waals surface area contributed by atoms with Crippen LogP contribution in [0.25, 0.3) is 65.7 Å². The minimum Gasteiger partial charge on any atom is -0.0623 e. The summed E-state index contributed by atoms with van der Waals surface area (Å²) in [5, 5.41) is 13.0. The predicted octanol–water partition coefficient (Wildman–Crippen LogP) is 11.5. The Morgan fingerprint density at radius 1 is 0.218 bits per heavy atom. The predicted molar refractivity (Wildman–Crippen MR) is 239 cm³/mol. The van der Waals surface area contributed by atoms with Gasteiger partial charge in [-0.15, -0.1) is 0 Å². The summed E-state index contributed by atoms with van der Waals surface area (Å²) in [4.78, 5) is 0. The highest BCUT2D eigenvalue weighted by Gasteiger charge is 2.41. The van der Waals surface area contributed by atoms with Gasteiger partial charge in [-0.25, -0.2) is 0 Å². The Balaban J connectivity index is 1.36. The van der Waals surface area contributed by atoms with Crippen molar-refractivity contribution in [2.75, 3.05) is 0 Å². The molecule has 0 atom stereocenters. The fourth-order valence-corrected chi connectivity index (χ4v) is 13.7. The van der Waals surface area contributed by atoms with Crippen LogP contribution in [0.2, 0.25) is 0 Å². The summed E-state index contributed by atoms with van der Waals surface area (Å²) in [5.41, 5.74) is 7.43. The third-order valence-electron chi connectivity index (χ3n) is 11.4. The molecule has 0 amide bonds. The number of hydrogen-bond donors (Lipinski definition) is 0. The average Bonchev–Trinajstić information content (AvgIpc) is 3.27. The highest BCUT2D eigenvalue weighted by Crippen LogP contribution is 2.44. The molecule has 0 radical (unpaired) electrons. The summed E-state index contributed by atoms with van der Waals surface area (Å²) in [6.07, 6.45) is 0. The molecule has 0 aliphatic heterocycles. The van der Waals surface area contributed by atoms with Crippen molar-refractivity contribution < 1.29 is 0 Å². The van der Waals surface area contributed by atoms with Crippen LogP contribution in [0.4, 0.5) is 0 Å². The van der Waals surface area contributed by atoms with E-state index in [1.807, 2.05) is 0 Å². The lowest BCUT2D eigenvalue weighted by molar-refractivity contribution is 1.61. The molecular formula is C54H38Si. The smallest absolute Gasteiger partial charge is 0.0623 e. The molecule has 10 aromatic rings. The van der Waals surface area contributed by atoms with E-state index in [0.717, 1.165) is 0 Å².